The van der Waals surface area contributed by atoms with Crippen LogP contribution in [-0.2, 0) is 11.3 Å². The highest BCUT2D eigenvalue weighted by atomic mass is 127. The van der Waals surface area contributed by atoms with Crippen molar-refractivity contribution < 1.29 is 9.53 Å². The average molecular weight is 566 g/mol. The maximum atomic E-state index is 11.8. The van der Waals surface area contributed by atoms with Crippen molar-refractivity contribution in [2.24, 2.45) is 4.99 Å². The first-order valence-electron chi connectivity index (χ1n) is 11.4. The zero-order chi connectivity index (χ0) is 22.6. The fraction of sp³-hybridized carbons (Fsp3) is 0.440. The van der Waals surface area contributed by atoms with Gasteiger partial charge in [-0.15, -0.1) is 24.0 Å². The number of amides is 1. The van der Waals surface area contributed by atoms with Gasteiger partial charge in [-0.05, 0) is 56.0 Å². The molecule has 33 heavy (non-hydrogen) atoms. The van der Waals surface area contributed by atoms with Crippen LogP contribution in [0.1, 0.15) is 31.7 Å². The number of para-hydroxylation sites is 1. The minimum Gasteiger partial charge on any atom is -0.484 e. The van der Waals surface area contributed by atoms with E-state index in [0.29, 0.717) is 18.3 Å². The summed E-state index contributed by atoms with van der Waals surface area (Å²) in [6, 6.07) is 18.6. The summed E-state index contributed by atoms with van der Waals surface area (Å²) < 4.78 is 5.63. The molecule has 8 heteroatoms. The largest absolute Gasteiger partial charge is 0.484 e. The summed E-state index contributed by atoms with van der Waals surface area (Å²) in [5, 5.41) is 9.64. The molecule has 0 radical (unpaired) electrons. The van der Waals surface area contributed by atoms with E-state index in [4.69, 9.17) is 4.74 Å². The van der Waals surface area contributed by atoms with E-state index >= 15 is 0 Å². The van der Waals surface area contributed by atoms with Gasteiger partial charge >= 0.3 is 0 Å². The smallest absolute Gasteiger partial charge is 0.258 e. The molecular weight excluding hydrogens is 529 g/mol. The molecule has 180 valence electrons. The van der Waals surface area contributed by atoms with Crippen molar-refractivity contribution in [3.8, 4) is 5.75 Å². The van der Waals surface area contributed by atoms with Crippen molar-refractivity contribution in [1.82, 2.24) is 16.0 Å². The Hall–Kier alpha value is -2.49. The highest BCUT2D eigenvalue weighted by Gasteiger charge is 2.23. The number of carbonyl (C=O) groups is 1. The van der Waals surface area contributed by atoms with Crippen LogP contribution >= 0.6 is 24.0 Å². The lowest BCUT2D eigenvalue weighted by atomic mass is 10.2. The van der Waals surface area contributed by atoms with Crippen molar-refractivity contribution in [3.05, 3.63) is 60.2 Å². The summed E-state index contributed by atoms with van der Waals surface area (Å²) in [6.45, 7) is 5.65. The summed E-state index contributed by atoms with van der Waals surface area (Å²) in [7, 11) is 1.77. The van der Waals surface area contributed by atoms with Crippen LogP contribution in [0.5, 0.6) is 5.75 Å². The number of benzene rings is 2. The van der Waals surface area contributed by atoms with Crippen LogP contribution in [0.4, 0.5) is 5.69 Å². The second kappa shape index (κ2) is 14.6. The number of nitrogens with one attached hydrogen (secondary N) is 3. The number of hydrogen-bond donors (Lipinski definition) is 3. The molecule has 1 aliphatic rings. The molecule has 2 aromatic carbocycles. The molecule has 0 bridgehead atoms. The van der Waals surface area contributed by atoms with Crippen LogP contribution in [0.2, 0.25) is 0 Å². The van der Waals surface area contributed by atoms with E-state index in [1.165, 1.54) is 5.69 Å². The summed E-state index contributed by atoms with van der Waals surface area (Å²) in [4.78, 5) is 18.5. The molecule has 0 spiro atoms. The number of nitrogens with zero attached hydrogens (tertiary/aromatic N) is 2. The van der Waals surface area contributed by atoms with Crippen molar-refractivity contribution in [2.75, 3.05) is 38.2 Å². The SMILES string of the molecule is CCN(CCCNC(=NC)NCc1cccc(OCC(=O)NC2CC2)c1)c1ccccc1.I. The van der Waals surface area contributed by atoms with Crippen LogP contribution in [0.25, 0.3) is 0 Å². The van der Waals surface area contributed by atoms with Gasteiger partial charge in [0, 0.05) is 45.0 Å². The Labute approximate surface area is 214 Å². The van der Waals surface area contributed by atoms with Crippen LogP contribution in [0.3, 0.4) is 0 Å². The number of halogens is 1. The van der Waals surface area contributed by atoms with Gasteiger partial charge in [0.1, 0.15) is 5.75 Å². The maximum Gasteiger partial charge on any atom is 0.258 e. The maximum absolute atomic E-state index is 11.8. The molecule has 3 rings (SSSR count). The summed E-state index contributed by atoms with van der Waals surface area (Å²) >= 11 is 0. The standard InChI is InChI=1S/C25H35N5O2.HI/c1-3-30(22-10-5-4-6-11-22)16-8-15-27-25(26-2)28-18-20-9-7-12-23(17-20)32-19-24(31)29-21-13-14-21;/h4-7,9-12,17,21H,3,8,13-16,18-19H2,1-2H3,(H,29,31)(H2,26,27,28);1H. The Bertz CT molecular complexity index is 874. The monoisotopic (exact) mass is 565 g/mol. The van der Waals surface area contributed by atoms with Gasteiger partial charge in [0.2, 0.25) is 0 Å². The Morgan fingerprint density at radius 3 is 2.61 bits per heavy atom. The topological polar surface area (TPSA) is 78.0 Å². The van der Waals surface area contributed by atoms with Gasteiger partial charge in [-0.25, -0.2) is 0 Å². The highest BCUT2D eigenvalue weighted by molar-refractivity contribution is 14.0. The quantitative estimate of drug-likeness (QED) is 0.159. The molecule has 0 aromatic heterocycles. The van der Waals surface area contributed by atoms with Gasteiger partial charge in [-0.1, -0.05) is 30.3 Å². The van der Waals surface area contributed by atoms with Crippen molar-refractivity contribution in [1.29, 1.82) is 0 Å². The van der Waals surface area contributed by atoms with Gasteiger partial charge in [0.15, 0.2) is 12.6 Å². The van der Waals surface area contributed by atoms with Gasteiger partial charge in [-0.3, -0.25) is 9.79 Å². The van der Waals surface area contributed by atoms with Gasteiger partial charge in [0.25, 0.3) is 5.91 Å². The molecule has 0 atom stereocenters. The van der Waals surface area contributed by atoms with Crippen LogP contribution in [-0.4, -0.2) is 51.2 Å². The Balaban J connectivity index is 0.00000385. The third kappa shape index (κ3) is 9.89. The van der Waals surface area contributed by atoms with Gasteiger partial charge < -0.3 is 25.6 Å². The minimum absolute atomic E-state index is 0. The molecular formula is C25H36IN5O2. The van der Waals surface area contributed by atoms with Crippen LogP contribution in [0, 0.1) is 0 Å². The normalized spacial score (nSPS) is 13.0. The third-order valence-corrected chi connectivity index (χ3v) is 5.29. The third-order valence-electron chi connectivity index (χ3n) is 5.29. The molecule has 1 fully saturated rings. The first-order chi connectivity index (χ1) is 15.7. The summed E-state index contributed by atoms with van der Waals surface area (Å²) in [5.74, 6) is 1.40. The zero-order valence-electron chi connectivity index (χ0n) is 19.5. The number of hydrogen-bond acceptors (Lipinski definition) is 4. The molecule has 0 saturated heterocycles. The second-order valence-electron chi connectivity index (χ2n) is 7.90. The predicted molar refractivity (Wildman–Crippen MR) is 146 cm³/mol. The van der Waals surface area contributed by atoms with E-state index in [-0.39, 0.29) is 36.5 Å². The lowest BCUT2D eigenvalue weighted by molar-refractivity contribution is -0.123. The van der Waals surface area contributed by atoms with E-state index in [0.717, 1.165) is 50.4 Å². The molecule has 3 N–H and O–H groups in total. The zero-order valence-corrected chi connectivity index (χ0v) is 21.9. The number of rotatable bonds is 12. The molecule has 0 aliphatic heterocycles. The number of aliphatic imine (C=N–C) groups is 1. The molecule has 0 unspecified atom stereocenters. The number of carbonyl (C=O) groups excluding carboxylic acids is 1. The van der Waals surface area contributed by atoms with E-state index in [9.17, 15) is 4.79 Å². The molecule has 0 heterocycles. The fourth-order valence-electron chi connectivity index (χ4n) is 3.38. The van der Waals surface area contributed by atoms with Crippen molar-refractivity contribution >= 4 is 41.5 Å². The first-order valence-corrected chi connectivity index (χ1v) is 11.4. The van der Waals surface area contributed by atoms with Crippen molar-refractivity contribution in [3.63, 3.8) is 0 Å². The predicted octanol–water partition coefficient (Wildman–Crippen LogP) is 3.54. The summed E-state index contributed by atoms with van der Waals surface area (Å²) in [6.07, 6.45) is 3.16. The lowest BCUT2D eigenvalue weighted by Crippen LogP contribution is -2.38. The Morgan fingerprint density at radius 1 is 1.12 bits per heavy atom. The molecule has 2 aromatic rings. The van der Waals surface area contributed by atoms with Crippen molar-refractivity contribution in [2.45, 2.75) is 38.8 Å². The van der Waals surface area contributed by atoms with E-state index in [1.807, 2.05) is 30.3 Å². The van der Waals surface area contributed by atoms with E-state index < -0.39 is 0 Å². The summed E-state index contributed by atoms with van der Waals surface area (Å²) in [5.41, 5.74) is 2.32. The molecule has 1 saturated carbocycles. The molecule has 7 nitrogen and oxygen atoms in total. The minimum atomic E-state index is -0.0606. The van der Waals surface area contributed by atoms with E-state index in [1.54, 1.807) is 7.05 Å². The second-order valence-corrected chi connectivity index (χ2v) is 7.90. The van der Waals surface area contributed by atoms with E-state index in [2.05, 4.69) is 57.0 Å². The number of anilines is 1. The first kappa shape index (κ1) is 26.8. The molecule has 1 aliphatic carbocycles. The van der Waals surface area contributed by atoms with Crippen LogP contribution < -0.4 is 25.6 Å². The van der Waals surface area contributed by atoms with Gasteiger partial charge in [0.05, 0.1) is 0 Å². The number of ether oxygens (including phenoxy) is 1. The molecule has 1 amide bonds. The average Bonchev–Trinajstić information content (AvgIpc) is 3.64. The van der Waals surface area contributed by atoms with Crippen LogP contribution in [0.15, 0.2) is 59.6 Å². The lowest BCUT2D eigenvalue weighted by Gasteiger charge is -2.23. The highest BCUT2D eigenvalue weighted by Crippen LogP contribution is 2.18. The Morgan fingerprint density at radius 2 is 1.91 bits per heavy atom. The van der Waals surface area contributed by atoms with Gasteiger partial charge in [-0.2, -0.15) is 0 Å². The fourth-order valence-corrected chi connectivity index (χ4v) is 3.38. The Kier molecular flexibility index (Phi) is 11.9. The number of guanidine groups is 1.